The number of nitro benzene ring substituents is 1. The number of methoxy groups -OCH3 is 1. The molecule has 0 fully saturated rings. The van der Waals surface area contributed by atoms with Crippen LogP contribution in [0.4, 0.5) is 5.69 Å². The summed E-state index contributed by atoms with van der Waals surface area (Å²) in [5, 5.41) is 10.7. The van der Waals surface area contributed by atoms with Gasteiger partial charge in [-0.25, -0.2) is 12.7 Å². The fourth-order valence-corrected chi connectivity index (χ4v) is 3.82. The summed E-state index contributed by atoms with van der Waals surface area (Å²) in [4.78, 5) is 10.1. The Morgan fingerprint density at radius 1 is 1.20 bits per heavy atom. The van der Waals surface area contributed by atoms with E-state index in [-0.39, 0.29) is 18.0 Å². The van der Waals surface area contributed by atoms with Crippen LogP contribution in [0, 0.1) is 10.1 Å². The lowest BCUT2D eigenvalue weighted by molar-refractivity contribution is -0.384. The minimum Gasteiger partial charge on any atom is -0.496 e. The van der Waals surface area contributed by atoms with Crippen molar-refractivity contribution >= 4 is 31.6 Å². The van der Waals surface area contributed by atoms with Gasteiger partial charge in [-0.15, -0.1) is 0 Å². The van der Waals surface area contributed by atoms with Crippen LogP contribution in [0.1, 0.15) is 11.1 Å². The predicted octanol–water partition coefficient (Wildman–Crippen LogP) is 3.33. The number of rotatable bonds is 7. The van der Waals surface area contributed by atoms with Gasteiger partial charge in [0.1, 0.15) is 5.75 Å². The monoisotopic (exact) mass is 428 g/mol. The number of ether oxygens (including phenoxy) is 1. The molecule has 7 nitrogen and oxygen atoms in total. The molecular formula is C16H17BrN2O5S. The summed E-state index contributed by atoms with van der Waals surface area (Å²) < 4.78 is 32.4. The number of hydrogen-bond acceptors (Lipinski definition) is 5. The molecule has 2 rings (SSSR count). The van der Waals surface area contributed by atoms with Crippen molar-refractivity contribution in [3.05, 3.63) is 68.2 Å². The third kappa shape index (κ3) is 5.00. The Labute approximate surface area is 154 Å². The molecule has 2 aromatic rings. The van der Waals surface area contributed by atoms with Crippen LogP contribution in [0.2, 0.25) is 0 Å². The first-order valence-corrected chi connectivity index (χ1v) is 9.63. The van der Waals surface area contributed by atoms with Crippen LogP contribution >= 0.6 is 15.9 Å². The third-order valence-electron chi connectivity index (χ3n) is 3.61. The molecule has 0 aliphatic heterocycles. The largest absolute Gasteiger partial charge is 0.496 e. The third-order valence-corrected chi connectivity index (χ3v) is 5.88. The Kier molecular flexibility index (Phi) is 6.15. The molecule has 0 radical (unpaired) electrons. The maximum Gasteiger partial charge on any atom is 0.269 e. The smallest absolute Gasteiger partial charge is 0.269 e. The molecule has 0 aliphatic rings. The summed E-state index contributed by atoms with van der Waals surface area (Å²) in [5.41, 5.74) is 1.14. The Hall–Kier alpha value is -1.97. The number of non-ortho nitro benzene ring substituents is 1. The zero-order valence-corrected chi connectivity index (χ0v) is 16.1. The molecule has 0 bridgehead atoms. The molecule has 0 aromatic heterocycles. The second-order valence-electron chi connectivity index (χ2n) is 5.39. The highest BCUT2D eigenvalue weighted by atomic mass is 79.9. The highest BCUT2D eigenvalue weighted by Gasteiger charge is 2.21. The summed E-state index contributed by atoms with van der Waals surface area (Å²) in [6.45, 7) is 0.151. The molecule has 0 heterocycles. The van der Waals surface area contributed by atoms with Crippen LogP contribution in [0.5, 0.6) is 5.75 Å². The van der Waals surface area contributed by atoms with Crippen molar-refractivity contribution in [2.75, 3.05) is 14.2 Å². The zero-order valence-electron chi connectivity index (χ0n) is 13.7. The average molecular weight is 429 g/mol. The maximum atomic E-state index is 12.5. The topological polar surface area (TPSA) is 89.8 Å². The van der Waals surface area contributed by atoms with Crippen molar-refractivity contribution in [3.8, 4) is 5.75 Å². The van der Waals surface area contributed by atoms with Crippen molar-refractivity contribution in [2.45, 2.75) is 12.3 Å². The molecule has 0 spiro atoms. The van der Waals surface area contributed by atoms with Gasteiger partial charge in [-0.3, -0.25) is 10.1 Å². The SMILES string of the molecule is COc1ccc(Br)cc1CN(C)S(=O)(=O)Cc1ccc([N+](=O)[O-])cc1. The molecule has 0 N–H and O–H groups in total. The minimum absolute atomic E-state index is 0.0756. The van der Waals surface area contributed by atoms with Gasteiger partial charge >= 0.3 is 0 Å². The summed E-state index contributed by atoms with van der Waals surface area (Å²) in [6, 6.07) is 10.9. The summed E-state index contributed by atoms with van der Waals surface area (Å²) >= 11 is 3.36. The van der Waals surface area contributed by atoms with E-state index in [4.69, 9.17) is 4.74 Å². The second kappa shape index (κ2) is 7.94. The second-order valence-corrected chi connectivity index (χ2v) is 8.38. The predicted molar refractivity (Wildman–Crippen MR) is 97.9 cm³/mol. The van der Waals surface area contributed by atoms with E-state index in [0.717, 1.165) is 10.0 Å². The van der Waals surface area contributed by atoms with Crippen molar-refractivity contribution in [2.24, 2.45) is 0 Å². The Bertz CT molecular complexity index is 869. The summed E-state index contributed by atoms with van der Waals surface area (Å²) in [6.07, 6.45) is 0. The highest BCUT2D eigenvalue weighted by Crippen LogP contribution is 2.25. The average Bonchev–Trinajstić information content (AvgIpc) is 2.55. The number of nitro groups is 1. The summed E-state index contributed by atoms with van der Waals surface area (Å²) in [7, 11) is -0.577. The normalized spacial score (nSPS) is 11.5. The van der Waals surface area contributed by atoms with Crippen LogP contribution in [0.15, 0.2) is 46.9 Å². The van der Waals surface area contributed by atoms with Gasteiger partial charge in [-0.1, -0.05) is 28.1 Å². The molecular weight excluding hydrogens is 412 g/mol. The van der Waals surface area contributed by atoms with Crippen molar-refractivity contribution < 1.29 is 18.1 Å². The molecule has 0 aliphatic carbocycles. The van der Waals surface area contributed by atoms with Gasteiger partial charge in [0, 0.05) is 35.8 Å². The van der Waals surface area contributed by atoms with Crippen LogP contribution in [0.3, 0.4) is 0 Å². The van der Waals surface area contributed by atoms with Crippen molar-refractivity contribution in [1.82, 2.24) is 4.31 Å². The van der Waals surface area contributed by atoms with E-state index in [9.17, 15) is 18.5 Å². The standard InChI is InChI=1S/C16H17BrN2O5S/c1-18(10-13-9-14(17)5-8-16(13)24-2)25(22,23)11-12-3-6-15(7-4-12)19(20)21/h3-9H,10-11H2,1-2H3. The number of benzene rings is 2. The van der Waals surface area contributed by atoms with Gasteiger partial charge in [0.15, 0.2) is 0 Å². The first-order chi connectivity index (χ1) is 11.7. The van der Waals surface area contributed by atoms with Gasteiger partial charge in [0.2, 0.25) is 10.0 Å². The fourth-order valence-electron chi connectivity index (χ4n) is 2.24. The first kappa shape index (κ1) is 19.4. The molecule has 134 valence electrons. The van der Waals surface area contributed by atoms with E-state index in [1.807, 2.05) is 6.07 Å². The molecule has 25 heavy (non-hydrogen) atoms. The molecule has 0 atom stereocenters. The number of sulfonamides is 1. The highest BCUT2D eigenvalue weighted by molar-refractivity contribution is 9.10. The van der Waals surface area contributed by atoms with Crippen LogP contribution in [0.25, 0.3) is 0 Å². The fraction of sp³-hybridized carbons (Fsp3) is 0.250. The van der Waals surface area contributed by atoms with E-state index in [1.54, 1.807) is 12.1 Å². The zero-order chi connectivity index (χ0) is 18.6. The van der Waals surface area contributed by atoms with Gasteiger partial charge < -0.3 is 4.74 Å². The van der Waals surface area contributed by atoms with Crippen molar-refractivity contribution in [1.29, 1.82) is 0 Å². The summed E-state index contributed by atoms with van der Waals surface area (Å²) in [5.74, 6) is 0.359. The van der Waals surface area contributed by atoms with E-state index >= 15 is 0 Å². The lowest BCUT2D eigenvalue weighted by Gasteiger charge is -2.19. The maximum absolute atomic E-state index is 12.5. The lowest BCUT2D eigenvalue weighted by Crippen LogP contribution is -2.28. The van der Waals surface area contributed by atoms with E-state index in [1.165, 1.54) is 42.7 Å². The van der Waals surface area contributed by atoms with E-state index in [2.05, 4.69) is 15.9 Å². The van der Waals surface area contributed by atoms with E-state index < -0.39 is 14.9 Å². The quantitative estimate of drug-likeness (QED) is 0.498. The Morgan fingerprint density at radius 3 is 2.40 bits per heavy atom. The Balaban J connectivity index is 2.16. The molecule has 9 heteroatoms. The van der Waals surface area contributed by atoms with Crippen LogP contribution in [-0.2, 0) is 22.3 Å². The minimum atomic E-state index is -3.59. The number of hydrogen-bond donors (Lipinski definition) is 0. The van der Waals surface area contributed by atoms with Gasteiger partial charge in [-0.05, 0) is 23.8 Å². The van der Waals surface area contributed by atoms with Crippen LogP contribution in [-0.4, -0.2) is 31.8 Å². The molecule has 2 aromatic carbocycles. The molecule has 0 saturated carbocycles. The van der Waals surface area contributed by atoms with Gasteiger partial charge in [0.25, 0.3) is 5.69 Å². The Morgan fingerprint density at radius 2 is 1.84 bits per heavy atom. The molecule has 0 amide bonds. The molecule has 0 saturated heterocycles. The van der Waals surface area contributed by atoms with Gasteiger partial charge in [0.05, 0.1) is 17.8 Å². The van der Waals surface area contributed by atoms with Crippen molar-refractivity contribution in [3.63, 3.8) is 0 Å². The van der Waals surface area contributed by atoms with E-state index in [0.29, 0.717) is 11.3 Å². The molecule has 0 unspecified atom stereocenters. The lowest BCUT2D eigenvalue weighted by atomic mass is 10.2. The number of halogens is 1. The van der Waals surface area contributed by atoms with Gasteiger partial charge in [-0.2, -0.15) is 0 Å². The first-order valence-electron chi connectivity index (χ1n) is 7.22. The number of nitrogens with zero attached hydrogens (tertiary/aromatic N) is 2. The van der Waals surface area contributed by atoms with Crippen LogP contribution < -0.4 is 4.74 Å².